The van der Waals surface area contributed by atoms with Gasteiger partial charge in [0, 0.05) is 19.6 Å². The number of hydrogen-bond acceptors (Lipinski definition) is 3. The van der Waals surface area contributed by atoms with Crippen molar-refractivity contribution in [3.05, 3.63) is 0 Å². The number of ether oxygens (including phenoxy) is 1. The highest BCUT2D eigenvalue weighted by Crippen LogP contribution is 2.25. The van der Waals surface area contributed by atoms with E-state index in [1.165, 1.54) is 4.90 Å². The van der Waals surface area contributed by atoms with Crippen molar-refractivity contribution in [2.45, 2.75) is 51.9 Å². The first-order chi connectivity index (χ1) is 9.40. The van der Waals surface area contributed by atoms with E-state index in [2.05, 4.69) is 0 Å². The molecule has 0 aliphatic carbocycles. The first kappa shape index (κ1) is 15.1. The number of carbonyl (C=O) groups excluding carboxylic acids is 1. The van der Waals surface area contributed by atoms with E-state index in [9.17, 15) is 14.7 Å². The highest BCUT2D eigenvalue weighted by Gasteiger charge is 2.40. The Hall–Kier alpha value is -1.30. The normalized spacial score (nSPS) is 35.0. The van der Waals surface area contributed by atoms with E-state index < -0.39 is 12.0 Å². The van der Waals surface area contributed by atoms with Crippen LogP contribution < -0.4 is 0 Å². The topological polar surface area (TPSA) is 70.1 Å². The molecule has 0 saturated carbocycles. The number of carboxylic acid groups (broad SMARTS) is 1. The van der Waals surface area contributed by atoms with Crippen LogP contribution >= 0.6 is 0 Å². The van der Waals surface area contributed by atoms with Crippen molar-refractivity contribution in [3.63, 3.8) is 0 Å². The lowest BCUT2D eigenvalue weighted by molar-refractivity contribution is -0.145. The van der Waals surface area contributed by atoms with E-state index in [-0.39, 0.29) is 24.2 Å². The van der Waals surface area contributed by atoms with Gasteiger partial charge < -0.3 is 19.6 Å². The van der Waals surface area contributed by atoms with Gasteiger partial charge in [-0.2, -0.15) is 0 Å². The number of carbonyl (C=O) groups is 2. The van der Waals surface area contributed by atoms with Gasteiger partial charge in [-0.1, -0.05) is 6.92 Å². The molecule has 4 atom stereocenters. The number of morpholine rings is 1. The minimum atomic E-state index is -0.903. The number of urea groups is 1. The predicted octanol–water partition coefficient (Wildman–Crippen LogP) is 1.40. The average Bonchev–Trinajstić information content (AvgIpc) is 2.35. The number of amides is 2. The van der Waals surface area contributed by atoms with Gasteiger partial charge in [-0.15, -0.1) is 0 Å². The summed E-state index contributed by atoms with van der Waals surface area (Å²) in [6.45, 7) is 7.36. The zero-order valence-electron chi connectivity index (χ0n) is 12.4. The van der Waals surface area contributed by atoms with Crippen LogP contribution in [0.3, 0.4) is 0 Å². The van der Waals surface area contributed by atoms with E-state index in [4.69, 9.17) is 4.74 Å². The zero-order chi connectivity index (χ0) is 14.9. The Balaban J connectivity index is 2.11. The molecular formula is C14H24N2O4. The summed E-state index contributed by atoms with van der Waals surface area (Å²) in [5.74, 6) is -0.902. The average molecular weight is 284 g/mol. The van der Waals surface area contributed by atoms with Crippen molar-refractivity contribution in [2.75, 3.05) is 19.6 Å². The molecule has 0 aromatic carbocycles. The second-order valence-electron chi connectivity index (χ2n) is 6.04. The highest BCUT2D eigenvalue weighted by molar-refractivity contribution is 5.83. The molecule has 2 aliphatic rings. The van der Waals surface area contributed by atoms with Crippen LogP contribution in [0.1, 0.15) is 33.6 Å². The molecule has 2 saturated heterocycles. The molecule has 6 heteroatoms. The number of rotatable bonds is 1. The van der Waals surface area contributed by atoms with E-state index in [0.29, 0.717) is 19.6 Å². The van der Waals surface area contributed by atoms with Crippen molar-refractivity contribution in [1.29, 1.82) is 0 Å². The lowest BCUT2D eigenvalue weighted by Gasteiger charge is -2.43. The third kappa shape index (κ3) is 3.06. The fourth-order valence-electron chi connectivity index (χ4n) is 3.29. The Kier molecular flexibility index (Phi) is 4.52. The van der Waals surface area contributed by atoms with E-state index >= 15 is 0 Å². The summed E-state index contributed by atoms with van der Waals surface area (Å²) in [6, 6.07) is -0.865. The Morgan fingerprint density at radius 2 is 1.75 bits per heavy atom. The van der Waals surface area contributed by atoms with Crippen LogP contribution in [-0.4, -0.2) is 64.8 Å². The van der Waals surface area contributed by atoms with Crippen LogP contribution in [0.25, 0.3) is 0 Å². The summed E-state index contributed by atoms with van der Waals surface area (Å²) in [7, 11) is 0. The van der Waals surface area contributed by atoms with Crippen molar-refractivity contribution in [1.82, 2.24) is 9.80 Å². The summed E-state index contributed by atoms with van der Waals surface area (Å²) in [6.07, 6.45) is 1.71. The van der Waals surface area contributed by atoms with Crippen LogP contribution in [-0.2, 0) is 9.53 Å². The second-order valence-corrected chi connectivity index (χ2v) is 6.04. The summed E-state index contributed by atoms with van der Waals surface area (Å²) in [5, 5.41) is 9.39. The third-order valence-electron chi connectivity index (χ3n) is 4.12. The molecule has 114 valence electrons. The van der Waals surface area contributed by atoms with Crippen LogP contribution in [0.2, 0.25) is 0 Å². The summed E-state index contributed by atoms with van der Waals surface area (Å²) >= 11 is 0. The highest BCUT2D eigenvalue weighted by atomic mass is 16.5. The quantitative estimate of drug-likeness (QED) is 0.790. The molecule has 2 unspecified atom stereocenters. The molecular weight excluding hydrogens is 260 g/mol. The number of aliphatic carboxylic acids is 1. The van der Waals surface area contributed by atoms with Crippen LogP contribution in [0.5, 0.6) is 0 Å². The molecule has 0 radical (unpaired) electrons. The second kappa shape index (κ2) is 5.99. The maximum absolute atomic E-state index is 12.6. The molecule has 0 aromatic rings. The van der Waals surface area contributed by atoms with Gasteiger partial charge >= 0.3 is 12.0 Å². The predicted molar refractivity (Wildman–Crippen MR) is 73.5 cm³/mol. The van der Waals surface area contributed by atoms with Crippen LogP contribution in [0.15, 0.2) is 0 Å². The molecule has 20 heavy (non-hydrogen) atoms. The van der Waals surface area contributed by atoms with Crippen molar-refractivity contribution < 1.29 is 19.4 Å². The number of piperidine rings is 1. The standard InChI is InChI=1S/C14H24N2O4/c1-9-5-4-6-16(12(9)13(17)18)14(19)15-7-10(2)20-11(3)8-15/h9-12H,4-8H2,1-3H3,(H,17,18)/t9?,10-,11+,12?. The number of likely N-dealkylation sites (tertiary alicyclic amines) is 1. The Morgan fingerprint density at radius 1 is 1.15 bits per heavy atom. The molecule has 0 spiro atoms. The summed E-state index contributed by atoms with van der Waals surface area (Å²) in [5.41, 5.74) is 0. The molecule has 2 amide bonds. The minimum absolute atomic E-state index is 0.00101. The van der Waals surface area contributed by atoms with Gasteiger partial charge in [0.05, 0.1) is 12.2 Å². The molecule has 0 bridgehead atoms. The fourth-order valence-corrected chi connectivity index (χ4v) is 3.29. The van der Waals surface area contributed by atoms with Gasteiger partial charge in [0.15, 0.2) is 0 Å². The van der Waals surface area contributed by atoms with Gasteiger partial charge in [-0.3, -0.25) is 0 Å². The van der Waals surface area contributed by atoms with E-state index in [1.807, 2.05) is 20.8 Å². The lowest BCUT2D eigenvalue weighted by Crippen LogP contribution is -2.59. The Labute approximate surface area is 119 Å². The lowest BCUT2D eigenvalue weighted by atomic mass is 9.91. The van der Waals surface area contributed by atoms with Gasteiger partial charge in [-0.25, -0.2) is 9.59 Å². The molecule has 2 rings (SSSR count). The maximum Gasteiger partial charge on any atom is 0.326 e. The molecule has 1 N–H and O–H groups in total. The van der Waals surface area contributed by atoms with Crippen molar-refractivity contribution >= 4 is 12.0 Å². The molecule has 6 nitrogen and oxygen atoms in total. The molecule has 2 aliphatic heterocycles. The monoisotopic (exact) mass is 284 g/mol. The summed E-state index contributed by atoms with van der Waals surface area (Å²) in [4.78, 5) is 27.3. The summed E-state index contributed by atoms with van der Waals surface area (Å²) < 4.78 is 5.62. The van der Waals surface area contributed by atoms with Gasteiger partial charge in [0.2, 0.25) is 0 Å². The number of nitrogens with zero attached hydrogens (tertiary/aromatic N) is 2. The number of carboxylic acids is 1. The molecule has 2 fully saturated rings. The Bertz CT molecular complexity index is 377. The van der Waals surface area contributed by atoms with Gasteiger partial charge in [0.25, 0.3) is 0 Å². The number of hydrogen-bond donors (Lipinski definition) is 1. The first-order valence-electron chi connectivity index (χ1n) is 7.34. The van der Waals surface area contributed by atoms with E-state index in [0.717, 1.165) is 12.8 Å². The Morgan fingerprint density at radius 3 is 2.30 bits per heavy atom. The SMILES string of the molecule is CC1CCCN(C(=O)N2C[C@@H](C)O[C@@H](C)C2)C1C(=O)O. The third-order valence-corrected chi connectivity index (χ3v) is 4.12. The molecule has 0 aromatic heterocycles. The smallest absolute Gasteiger partial charge is 0.326 e. The van der Waals surface area contributed by atoms with Crippen molar-refractivity contribution in [3.8, 4) is 0 Å². The zero-order valence-corrected chi connectivity index (χ0v) is 12.4. The molecule has 2 heterocycles. The first-order valence-corrected chi connectivity index (χ1v) is 7.34. The van der Waals surface area contributed by atoms with Gasteiger partial charge in [0.1, 0.15) is 6.04 Å². The van der Waals surface area contributed by atoms with Crippen LogP contribution in [0, 0.1) is 5.92 Å². The van der Waals surface area contributed by atoms with Crippen LogP contribution in [0.4, 0.5) is 4.79 Å². The van der Waals surface area contributed by atoms with Crippen molar-refractivity contribution in [2.24, 2.45) is 5.92 Å². The van der Waals surface area contributed by atoms with E-state index in [1.54, 1.807) is 4.90 Å². The largest absolute Gasteiger partial charge is 0.480 e. The van der Waals surface area contributed by atoms with Gasteiger partial charge in [-0.05, 0) is 32.6 Å². The fraction of sp³-hybridized carbons (Fsp3) is 0.857. The minimum Gasteiger partial charge on any atom is -0.480 e. The maximum atomic E-state index is 12.6.